The smallest absolute Gasteiger partial charge is 0.264 e. The molecule has 0 unspecified atom stereocenters. The van der Waals surface area contributed by atoms with Gasteiger partial charge in [-0.25, -0.2) is 12.8 Å². The highest BCUT2D eigenvalue weighted by atomic mass is 32.2. The van der Waals surface area contributed by atoms with E-state index in [0.29, 0.717) is 24.2 Å². The number of hydrogen-bond acceptors (Lipinski definition) is 4. The maximum atomic E-state index is 14.0. The molecule has 7 nitrogen and oxygen atoms in total. The Kier molecular flexibility index (Phi) is 10.5. The zero-order valence-electron chi connectivity index (χ0n) is 23.7. The molecule has 0 spiro atoms. The van der Waals surface area contributed by atoms with Crippen molar-refractivity contribution in [2.45, 2.75) is 58.5 Å². The Morgan fingerprint density at radius 3 is 2.15 bits per heavy atom. The first kappa shape index (κ1) is 30.8. The van der Waals surface area contributed by atoms with Crippen LogP contribution in [0.4, 0.5) is 10.1 Å². The number of halogens is 1. The molecule has 1 N–H and O–H groups in total. The number of hydrogen-bond donors (Lipinski definition) is 1. The number of aryl methyl sites for hydroxylation is 2. The number of anilines is 1. The van der Waals surface area contributed by atoms with Gasteiger partial charge in [-0.15, -0.1) is 0 Å². The number of benzene rings is 3. The van der Waals surface area contributed by atoms with Crippen LogP contribution in [0.25, 0.3) is 0 Å². The van der Waals surface area contributed by atoms with Crippen LogP contribution < -0.4 is 9.62 Å². The molecule has 0 radical (unpaired) electrons. The first-order chi connectivity index (χ1) is 18.9. The standard InChI is InChI=1S/C31H38FN3O4S/c1-6-29(31(37)33-19-22(2)3)34(20-25-12-14-26(32)15-13-25)30(36)21-35(27-9-7-8-24(5)18-27)40(38,39)28-16-10-23(4)11-17-28/h7-18,22,29H,6,19-21H2,1-5H3,(H,33,37)/t29-/m0/s1. The summed E-state index contributed by atoms with van der Waals surface area (Å²) in [6.07, 6.45) is 0.312. The van der Waals surface area contributed by atoms with E-state index < -0.39 is 34.3 Å². The van der Waals surface area contributed by atoms with E-state index in [4.69, 9.17) is 0 Å². The highest BCUT2D eigenvalue weighted by Gasteiger charge is 2.33. The zero-order valence-corrected chi connectivity index (χ0v) is 24.5. The number of sulfonamides is 1. The van der Waals surface area contributed by atoms with Crippen molar-refractivity contribution in [1.82, 2.24) is 10.2 Å². The van der Waals surface area contributed by atoms with Gasteiger partial charge >= 0.3 is 0 Å². The quantitative estimate of drug-likeness (QED) is 0.325. The second-order valence-corrected chi connectivity index (χ2v) is 12.2. The predicted molar refractivity (Wildman–Crippen MR) is 156 cm³/mol. The Balaban J connectivity index is 2.04. The van der Waals surface area contributed by atoms with Gasteiger partial charge in [0.15, 0.2) is 0 Å². The number of nitrogens with one attached hydrogen (secondary N) is 1. The summed E-state index contributed by atoms with van der Waals surface area (Å²) in [5.41, 5.74) is 2.69. The van der Waals surface area contributed by atoms with E-state index >= 15 is 0 Å². The summed E-state index contributed by atoms with van der Waals surface area (Å²) in [5, 5.41) is 2.89. The largest absolute Gasteiger partial charge is 0.354 e. The molecule has 3 aromatic rings. The van der Waals surface area contributed by atoms with Crippen LogP contribution in [0.15, 0.2) is 77.7 Å². The normalized spacial score (nSPS) is 12.2. The summed E-state index contributed by atoms with van der Waals surface area (Å²) in [6, 6.07) is 18.2. The molecule has 2 amide bonds. The van der Waals surface area contributed by atoms with Gasteiger partial charge in [0.2, 0.25) is 11.8 Å². The van der Waals surface area contributed by atoms with E-state index in [2.05, 4.69) is 5.32 Å². The van der Waals surface area contributed by atoms with Crippen molar-refractivity contribution in [3.05, 3.63) is 95.3 Å². The number of carbonyl (C=O) groups is 2. The fourth-order valence-electron chi connectivity index (χ4n) is 4.28. The lowest BCUT2D eigenvalue weighted by atomic mass is 10.1. The van der Waals surface area contributed by atoms with Crippen molar-refractivity contribution in [2.24, 2.45) is 5.92 Å². The minimum atomic E-state index is -4.13. The van der Waals surface area contributed by atoms with Gasteiger partial charge in [-0.1, -0.05) is 62.7 Å². The summed E-state index contributed by atoms with van der Waals surface area (Å²) >= 11 is 0. The molecule has 0 aromatic heterocycles. The molecule has 3 rings (SSSR count). The minimum absolute atomic E-state index is 0.0129. The van der Waals surface area contributed by atoms with Crippen molar-refractivity contribution in [3.8, 4) is 0 Å². The summed E-state index contributed by atoms with van der Waals surface area (Å²) in [4.78, 5) is 28.7. The number of nitrogens with zero attached hydrogens (tertiary/aromatic N) is 2. The van der Waals surface area contributed by atoms with Crippen LogP contribution in [0.3, 0.4) is 0 Å². The Labute approximate surface area is 237 Å². The Morgan fingerprint density at radius 2 is 1.57 bits per heavy atom. The Bertz CT molecular complexity index is 1410. The fourth-order valence-corrected chi connectivity index (χ4v) is 5.68. The highest BCUT2D eigenvalue weighted by molar-refractivity contribution is 7.92. The maximum absolute atomic E-state index is 14.0. The van der Waals surface area contributed by atoms with Gasteiger partial charge in [0, 0.05) is 13.1 Å². The first-order valence-electron chi connectivity index (χ1n) is 13.4. The van der Waals surface area contributed by atoms with Crippen molar-refractivity contribution in [1.29, 1.82) is 0 Å². The summed E-state index contributed by atoms with van der Waals surface area (Å²) < 4.78 is 42.5. The van der Waals surface area contributed by atoms with Crippen LogP contribution in [-0.4, -0.2) is 44.3 Å². The molecule has 0 aliphatic heterocycles. The molecular weight excluding hydrogens is 529 g/mol. The van der Waals surface area contributed by atoms with Gasteiger partial charge in [-0.05, 0) is 73.7 Å². The molecule has 0 aliphatic rings. The van der Waals surface area contributed by atoms with Crippen LogP contribution in [0.5, 0.6) is 0 Å². The molecule has 40 heavy (non-hydrogen) atoms. The monoisotopic (exact) mass is 567 g/mol. The molecule has 0 bridgehead atoms. The average molecular weight is 568 g/mol. The number of amides is 2. The van der Waals surface area contributed by atoms with Crippen molar-refractivity contribution in [3.63, 3.8) is 0 Å². The molecule has 9 heteroatoms. The average Bonchev–Trinajstić information content (AvgIpc) is 2.91. The lowest BCUT2D eigenvalue weighted by molar-refractivity contribution is -0.140. The van der Waals surface area contributed by atoms with Gasteiger partial charge in [0.05, 0.1) is 10.6 Å². The second kappa shape index (κ2) is 13.6. The van der Waals surface area contributed by atoms with Gasteiger partial charge in [0.25, 0.3) is 10.0 Å². The Hall–Kier alpha value is -3.72. The van der Waals surface area contributed by atoms with Crippen LogP contribution >= 0.6 is 0 Å². The predicted octanol–water partition coefficient (Wildman–Crippen LogP) is 5.22. The third-order valence-electron chi connectivity index (χ3n) is 6.51. The van der Waals surface area contributed by atoms with E-state index in [-0.39, 0.29) is 23.3 Å². The zero-order chi connectivity index (χ0) is 29.4. The molecule has 214 valence electrons. The molecule has 0 fully saturated rings. The van der Waals surface area contributed by atoms with Crippen molar-refractivity contribution < 1.29 is 22.4 Å². The van der Waals surface area contributed by atoms with Crippen LogP contribution in [0.1, 0.15) is 43.9 Å². The molecule has 0 heterocycles. The minimum Gasteiger partial charge on any atom is -0.354 e. The molecule has 1 atom stereocenters. The third kappa shape index (κ3) is 7.91. The van der Waals surface area contributed by atoms with E-state index in [1.54, 1.807) is 49.4 Å². The lowest BCUT2D eigenvalue weighted by Crippen LogP contribution is -2.52. The van der Waals surface area contributed by atoms with Gasteiger partial charge in [-0.2, -0.15) is 0 Å². The molecule has 0 saturated heterocycles. The Morgan fingerprint density at radius 1 is 0.925 bits per heavy atom. The SMILES string of the molecule is CC[C@@H](C(=O)NCC(C)C)N(Cc1ccc(F)cc1)C(=O)CN(c1cccc(C)c1)S(=O)(=O)c1ccc(C)cc1. The molecule has 0 aliphatic carbocycles. The van der Waals surface area contributed by atoms with E-state index in [1.807, 2.05) is 33.8 Å². The number of rotatable bonds is 12. The fraction of sp³-hybridized carbons (Fsp3) is 0.355. The van der Waals surface area contributed by atoms with Crippen molar-refractivity contribution in [2.75, 3.05) is 17.4 Å². The van der Waals surface area contributed by atoms with Crippen LogP contribution in [-0.2, 0) is 26.2 Å². The second-order valence-electron chi connectivity index (χ2n) is 10.4. The van der Waals surface area contributed by atoms with Gasteiger partial charge < -0.3 is 10.2 Å². The summed E-state index contributed by atoms with van der Waals surface area (Å²) in [6.45, 7) is 9.37. The summed E-state index contributed by atoms with van der Waals surface area (Å²) in [7, 11) is -4.13. The van der Waals surface area contributed by atoms with E-state index in [1.165, 1.54) is 29.2 Å². The molecule has 3 aromatic carbocycles. The number of carbonyl (C=O) groups excluding carboxylic acids is 2. The van der Waals surface area contributed by atoms with E-state index in [0.717, 1.165) is 15.4 Å². The third-order valence-corrected chi connectivity index (χ3v) is 8.30. The topological polar surface area (TPSA) is 86.8 Å². The van der Waals surface area contributed by atoms with E-state index in [9.17, 15) is 22.4 Å². The maximum Gasteiger partial charge on any atom is 0.264 e. The first-order valence-corrected chi connectivity index (χ1v) is 14.8. The molecule has 0 saturated carbocycles. The highest BCUT2D eigenvalue weighted by Crippen LogP contribution is 2.26. The van der Waals surface area contributed by atoms with Gasteiger partial charge in [0.1, 0.15) is 18.4 Å². The summed E-state index contributed by atoms with van der Waals surface area (Å²) in [5.74, 6) is -1.08. The molecular formula is C31H38FN3O4S. The van der Waals surface area contributed by atoms with Crippen LogP contribution in [0, 0.1) is 25.6 Å². The van der Waals surface area contributed by atoms with Gasteiger partial charge in [-0.3, -0.25) is 13.9 Å². The van der Waals surface area contributed by atoms with Crippen LogP contribution in [0.2, 0.25) is 0 Å². The van der Waals surface area contributed by atoms with Crippen molar-refractivity contribution >= 4 is 27.5 Å². The lowest BCUT2D eigenvalue weighted by Gasteiger charge is -2.33.